The predicted molar refractivity (Wildman–Crippen MR) is 263 cm³/mol. The van der Waals surface area contributed by atoms with Crippen LogP contribution < -0.4 is 0 Å². The summed E-state index contributed by atoms with van der Waals surface area (Å²) >= 11 is 1.81. The number of fused-ring (bicyclic) bond motifs is 9. The van der Waals surface area contributed by atoms with Crippen LogP contribution in [-0.2, 0) is 0 Å². The Morgan fingerprint density at radius 2 is 0.810 bits per heavy atom. The average Bonchev–Trinajstić information content (AvgIpc) is 4.01. The zero-order valence-electron chi connectivity index (χ0n) is 33.9. The van der Waals surface area contributed by atoms with Crippen LogP contribution >= 0.6 is 11.3 Å². The lowest BCUT2D eigenvalue weighted by Gasteiger charge is -2.11. The number of benzene rings is 9. The van der Waals surface area contributed by atoms with E-state index in [1.54, 1.807) is 0 Å². The minimum atomic E-state index is 0.629. The summed E-state index contributed by atoms with van der Waals surface area (Å²) in [5.74, 6) is 1.91. The quantitative estimate of drug-likeness (QED) is 0.168. The number of aromatic nitrogens is 5. The molecule has 4 heterocycles. The third-order valence-corrected chi connectivity index (χ3v) is 13.5. The summed E-state index contributed by atoms with van der Waals surface area (Å²) in [6, 6.07) is 75.6. The Morgan fingerprint density at radius 1 is 0.302 bits per heavy atom. The molecule has 0 N–H and O–H groups in total. The maximum Gasteiger partial charge on any atom is 0.164 e. The van der Waals surface area contributed by atoms with Crippen LogP contribution in [0.5, 0.6) is 0 Å². The highest BCUT2D eigenvalue weighted by atomic mass is 32.1. The van der Waals surface area contributed by atoms with Gasteiger partial charge in [-0.05, 0) is 83.9 Å². The van der Waals surface area contributed by atoms with Crippen LogP contribution in [0.4, 0.5) is 0 Å². The predicted octanol–water partition coefficient (Wildman–Crippen LogP) is 15.1. The molecule has 5 nitrogen and oxygen atoms in total. The third kappa shape index (κ3) is 5.73. The minimum Gasteiger partial charge on any atom is -0.309 e. The molecule has 0 atom stereocenters. The van der Waals surface area contributed by atoms with Gasteiger partial charge in [-0.2, -0.15) is 0 Å². The van der Waals surface area contributed by atoms with E-state index in [0.29, 0.717) is 17.5 Å². The first-order valence-electron chi connectivity index (χ1n) is 21.2. The number of thiophene rings is 1. The van der Waals surface area contributed by atoms with Crippen molar-refractivity contribution >= 4 is 75.1 Å². The van der Waals surface area contributed by atoms with E-state index in [4.69, 9.17) is 15.0 Å². The topological polar surface area (TPSA) is 48.5 Å². The molecule has 13 aromatic rings. The van der Waals surface area contributed by atoms with Crippen LogP contribution in [0.3, 0.4) is 0 Å². The second-order valence-corrected chi connectivity index (χ2v) is 17.1. The third-order valence-electron chi connectivity index (χ3n) is 12.4. The van der Waals surface area contributed by atoms with Crippen molar-refractivity contribution in [1.82, 2.24) is 24.1 Å². The molecule has 0 aliphatic rings. The molecule has 294 valence electrons. The first-order chi connectivity index (χ1) is 31.2. The van der Waals surface area contributed by atoms with Crippen LogP contribution in [0.15, 0.2) is 212 Å². The standard InChI is InChI=1S/C57H35N5S/c1-4-15-36(16-5-1)42-23-14-26-52-54(42)45-32-29-39(33-53(45)63-52)57-59-55(37-17-6-2-7-18-37)58-56(60-57)38-27-30-41(31-28-38)62-49-25-13-11-22-44(49)47-34-46-43-21-10-12-24-48(43)61(50(46)35-51(47)62)40-19-8-3-9-20-40/h1-35H. The highest BCUT2D eigenvalue weighted by Crippen LogP contribution is 2.42. The van der Waals surface area contributed by atoms with E-state index in [0.717, 1.165) is 39.1 Å². The van der Waals surface area contributed by atoms with Gasteiger partial charge in [0, 0.05) is 69.8 Å². The van der Waals surface area contributed by atoms with E-state index in [-0.39, 0.29) is 0 Å². The van der Waals surface area contributed by atoms with Crippen molar-refractivity contribution in [2.24, 2.45) is 0 Å². The fraction of sp³-hybridized carbons (Fsp3) is 0. The zero-order valence-corrected chi connectivity index (χ0v) is 34.7. The highest BCUT2D eigenvalue weighted by molar-refractivity contribution is 7.26. The van der Waals surface area contributed by atoms with Crippen LogP contribution in [0.25, 0.3) is 120 Å². The van der Waals surface area contributed by atoms with Gasteiger partial charge in [-0.15, -0.1) is 11.3 Å². The fourth-order valence-electron chi connectivity index (χ4n) is 9.50. The van der Waals surface area contributed by atoms with Crippen LogP contribution in [0, 0.1) is 0 Å². The number of nitrogens with zero attached hydrogens (tertiary/aromatic N) is 5. The summed E-state index contributed by atoms with van der Waals surface area (Å²) in [7, 11) is 0. The van der Waals surface area contributed by atoms with Gasteiger partial charge in [-0.25, -0.2) is 15.0 Å². The molecular formula is C57H35N5S. The van der Waals surface area contributed by atoms with Gasteiger partial charge in [0.05, 0.1) is 22.1 Å². The molecule has 0 saturated carbocycles. The van der Waals surface area contributed by atoms with Gasteiger partial charge in [0.15, 0.2) is 17.5 Å². The molecule has 0 amide bonds. The van der Waals surface area contributed by atoms with Gasteiger partial charge >= 0.3 is 0 Å². The molecule has 63 heavy (non-hydrogen) atoms. The lowest BCUT2D eigenvalue weighted by molar-refractivity contribution is 1.07. The monoisotopic (exact) mass is 821 g/mol. The van der Waals surface area contributed by atoms with Crippen molar-refractivity contribution in [2.75, 3.05) is 0 Å². The minimum absolute atomic E-state index is 0.629. The first-order valence-corrected chi connectivity index (χ1v) is 22.0. The van der Waals surface area contributed by atoms with E-state index >= 15 is 0 Å². The molecule has 6 heteroatoms. The Balaban J connectivity index is 0.953. The molecule has 0 radical (unpaired) electrons. The van der Waals surface area contributed by atoms with E-state index in [9.17, 15) is 0 Å². The van der Waals surface area contributed by atoms with Crippen molar-refractivity contribution in [1.29, 1.82) is 0 Å². The average molecular weight is 822 g/mol. The second-order valence-electron chi connectivity index (χ2n) is 16.0. The summed E-state index contributed by atoms with van der Waals surface area (Å²) < 4.78 is 7.24. The Kier molecular flexibility index (Phi) is 8.01. The van der Waals surface area contributed by atoms with Gasteiger partial charge in [-0.1, -0.05) is 140 Å². The molecule has 9 aromatic carbocycles. The summed E-state index contributed by atoms with van der Waals surface area (Å²) in [5, 5.41) is 7.44. The first kappa shape index (κ1) is 35.6. The van der Waals surface area contributed by atoms with Crippen molar-refractivity contribution in [3.05, 3.63) is 212 Å². The van der Waals surface area contributed by atoms with Gasteiger partial charge in [0.25, 0.3) is 0 Å². The molecule has 0 saturated heterocycles. The number of hydrogen-bond donors (Lipinski definition) is 0. The smallest absolute Gasteiger partial charge is 0.164 e. The lowest BCUT2D eigenvalue weighted by Crippen LogP contribution is -2.00. The molecule has 0 fully saturated rings. The lowest BCUT2D eigenvalue weighted by atomic mass is 9.99. The summed E-state index contributed by atoms with van der Waals surface area (Å²) in [4.78, 5) is 15.4. The summed E-state index contributed by atoms with van der Waals surface area (Å²) in [6.07, 6.45) is 0. The second kappa shape index (κ2) is 14.2. The normalized spacial score (nSPS) is 11.8. The van der Waals surface area contributed by atoms with Crippen LogP contribution in [0.1, 0.15) is 0 Å². The summed E-state index contributed by atoms with van der Waals surface area (Å²) in [5.41, 5.74) is 12.2. The maximum atomic E-state index is 5.18. The Labute approximate surface area is 366 Å². The summed E-state index contributed by atoms with van der Waals surface area (Å²) in [6.45, 7) is 0. The number of rotatable bonds is 6. The molecule has 0 bridgehead atoms. The number of hydrogen-bond acceptors (Lipinski definition) is 4. The van der Waals surface area contributed by atoms with E-state index in [1.807, 2.05) is 29.5 Å². The van der Waals surface area contributed by atoms with Gasteiger partial charge < -0.3 is 9.13 Å². The Bertz CT molecular complexity index is 3890. The van der Waals surface area contributed by atoms with Crippen molar-refractivity contribution < 1.29 is 0 Å². The van der Waals surface area contributed by atoms with Crippen molar-refractivity contribution in [2.45, 2.75) is 0 Å². The van der Waals surface area contributed by atoms with Gasteiger partial charge in [0.2, 0.25) is 0 Å². The molecule has 4 aromatic heterocycles. The maximum absolute atomic E-state index is 5.18. The molecule has 0 spiro atoms. The van der Waals surface area contributed by atoms with Crippen molar-refractivity contribution in [3.63, 3.8) is 0 Å². The molecule has 0 unspecified atom stereocenters. The largest absolute Gasteiger partial charge is 0.309 e. The van der Waals surface area contributed by atoms with E-state index in [1.165, 1.54) is 63.9 Å². The molecular weight excluding hydrogens is 787 g/mol. The SMILES string of the molecule is c1ccc(-c2nc(-c3ccc(-n4c5ccccc5c5cc6c7ccccc7n(-c7ccccc7)c6cc54)cc3)nc(-c3ccc4c(c3)sc3cccc(-c5ccccc5)c34)n2)cc1. The van der Waals surface area contributed by atoms with E-state index < -0.39 is 0 Å². The molecule has 0 aliphatic carbocycles. The van der Waals surface area contributed by atoms with Gasteiger partial charge in [-0.3, -0.25) is 0 Å². The van der Waals surface area contributed by atoms with Crippen molar-refractivity contribution in [3.8, 4) is 56.7 Å². The Hall–Kier alpha value is -8.19. The van der Waals surface area contributed by atoms with Crippen LogP contribution in [-0.4, -0.2) is 24.1 Å². The van der Waals surface area contributed by atoms with E-state index in [2.05, 4.69) is 203 Å². The zero-order chi connectivity index (χ0) is 41.4. The molecule has 13 rings (SSSR count). The molecule has 0 aliphatic heterocycles. The fourth-order valence-corrected chi connectivity index (χ4v) is 10.7. The number of para-hydroxylation sites is 3. The van der Waals surface area contributed by atoms with Gasteiger partial charge in [0.1, 0.15) is 0 Å². The Morgan fingerprint density at radius 3 is 1.44 bits per heavy atom. The van der Waals surface area contributed by atoms with Crippen LogP contribution in [0.2, 0.25) is 0 Å². The highest BCUT2D eigenvalue weighted by Gasteiger charge is 2.20.